The summed E-state index contributed by atoms with van der Waals surface area (Å²) in [5.74, 6) is -1.60. The summed E-state index contributed by atoms with van der Waals surface area (Å²) in [4.78, 5) is 23.7. The van der Waals surface area contributed by atoms with Gasteiger partial charge in [-0.25, -0.2) is 4.39 Å². The van der Waals surface area contributed by atoms with E-state index in [4.69, 9.17) is 0 Å². The molecule has 0 aromatic heterocycles. The number of carbonyl (C=O) groups excluding carboxylic acids is 2. The summed E-state index contributed by atoms with van der Waals surface area (Å²) >= 11 is 2.19. The van der Waals surface area contributed by atoms with Gasteiger partial charge in [0.1, 0.15) is 5.82 Å². The normalized spacial score (nSPS) is 10.1. The van der Waals surface area contributed by atoms with E-state index in [0.29, 0.717) is 5.69 Å². The molecule has 2 aromatic rings. The molecule has 6 heteroatoms. The van der Waals surface area contributed by atoms with Gasteiger partial charge in [0.15, 0.2) is 0 Å². The molecule has 4 nitrogen and oxygen atoms in total. The number of halogens is 2. The molecule has 2 N–H and O–H groups in total. The van der Waals surface area contributed by atoms with E-state index in [2.05, 4.69) is 33.2 Å². The Morgan fingerprint density at radius 2 is 1.91 bits per heavy atom. The molecule has 2 amide bonds. The second-order valence-corrected chi connectivity index (χ2v) is 5.92. The summed E-state index contributed by atoms with van der Waals surface area (Å²) in [6, 6.07) is 11.2. The monoisotopic (exact) mass is 412 g/mol. The van der Waals surface area contributed by atoms with Crippen LogP contribution in [0.15, 0.2) is 42.5 Å². The third-order valence-electron chi connectivity index (χ3n) is 2.99. The van der Waals surface area contributed by atoms with E-state index in [-0.39, 0.29) is 18.0 Å². The van der Waals surface area contributed by atoms with Gasteiger partial charge in [0.25, 0.3) is 5.91 Å². The second kappa shape index (κ2) is 7.35. The average Bonchev–Trinajstić information content (AvgIpc) is 2.48. The van der Waals surface area contributed by atoms with Crippen LogP contribution in [0.5, 0.6) is 0 Å². The maximum Gasteiger partial charge on any atom is 0.254 e. The first-order chi connectivity index (χ1) is 10.5. The highest BCUT2D eigenvalue weighted by Crippen LogP contribution is 2.17. The van der Waals surface area contributed by atoms with Crippen LogP contribution >= 0.6 is 22.6 Å². The van der Waals surface area contributed by atoms with Crippen molar-refractivity contribution in [2.24, 2.45) is 0 Å². The molecule has 0 atom stereocenters. The number of carbonyl (C=O) groups is 2. The summed E-state index contributed by atoms with van der Waals surface area (Å²) in [7, 11) is 0. The van der Waals surface area contributed by atoms with Gasteiger partial charge < -0.3 is 10.6 Å². The summed E-state index contributed by atoms with van der Waals surface area (Å²) in [5, 5.41) is 5.11. The first-order valence-electron chi connectivity index (χ1n) is 6.56. The summed E-state index contributed by atoms with van der Waals surface area (Å²) in [6.45, 7) is 1.66. The van der Waals surface area contributed by atoms with Crippen molar-refractivity contribution >= 4 is 40.1 Å². The van der Waals surface area contributed by atoms with Crippen LogP contribution < -0.4 is 10.6 Å². The molecule has 0 aliphatic heterocycles. The van der Waals surface area contributed by atoms with Crippen molar-refractivity contribution in [3.8, 4) is 0 Å². The van der Waals surface area contributed by atoms with Crippen LogP contribution in [0.25, 0.3) is 0 Å². The minimum atomic E-state index is -0.618. The van der Waals surface area contributed by atoms with E-state index in [1.54, 1.807) is 12.1 Å². The number of amides is 2. The molecule has 0 bridgehead atoms. The topological polar surface area (TPSA) is 58.2 Å². The molecule has 0 spiro atoms. The number of hydrogen-bond donors (Lipinski definition) is 2. The van der Waals surface area contributed by atoms with E-state index in [1.807, 2.05) is 19.1 Å². The largest absolute Gasteiger partial charge is 0.343 e. The van der Waals surface area contributed by atoms with Gasteiger partial charge in [0.2, 0.25) is 5.91 Å². The zero-order chi connectivity index (χ0) is 16.1. The maximum atomic E-state index is 13.4. The first-order valence-corrected chi connectivity index (χ1v) is 7.64. The van der Waals surface area contributed by atoms with Gasteiger partial charge in [-0.1, -0.05) is 12.1 Å². The molecule has 0 unspecified atom stereocenters. The van der Waals surface area contributed by atoms with E-state index in [1.165, 1.54) is 18.2 Å². The van der Waals surface area contributed by atoms with E-state index in [9.17, 15) is 14.0 Å². The minimum Gasteiger partial charge on any atom is -0.343 e. The van der Waals surface area contributed by atoms with Crippen molar-refractivity contribution in [3.63, 3.8) is 0 Å². The molecule has 2 aromatic carbocycles. The van der Waals surface area contributed by atoms with Crippen molar-refractivity contribution in [3.05, 3.63) is 63.0 Å². The zero-order valence-corrected chi connectivity index (χ0v) is 14.0. The molecule has 0 fully saturated rings. The Morgan fingerprint density at radius 1 is 1.18 bits per heavy atom. The lowest BCUT2D eigenvalue weighted by molar-refractivity contribution is -0.115. The van der Waals surface area contributed by atoms with E-state index >= 15 is 0 Å². The Kier molecular flexibility index (Phi) is 5.48. The maximum absolute atomic E-state index is 13.4. The average molecular weight is 412 g/mol. The Balaban J connectivity index is 1.93. The van der Waals surface area contributed by atoms with Crippen LogP contribution in [0.3, 0.4) is 0 Å². The number of anilines is 1. The van der Waals surface area contributed by atoms with Crippen LogP contribution in [0.2, 0.25) is 0 Å². The molecule has 2 rings (SSSR count). The van der Waals surface area contributed by atoms with Crippen molar-refractivity contribution in [2.45, 2.75) is 6.92 Å². The van der Waals surface area contributed by atoms with Crippen LogP contribution in [0.1, 0.15) is 15.9 Å². The highest BCUT2D eigenvalue weighted by molar-refractivity contribution is 14.1. The molecule has 0 radical (unpaired) electrons. The SMILES string of the molecule is Cc1cc(I)ccc1NC(=O)CNC(=O)c1ccccc1F. The Labute approximate surface area is 141 Å². The molecule has 0 heterocycles. The van der Waals surface area contributed by atoms with Crippen LogP contribution in [0, 0.1) is 16.3 Å². The Morgan fingerprint density at radius 3 is 2.59 bits per heavy atom. The van der Waals surface area contributed by atoms with Crippen molar-refractivity contribution < 1.29 is 14.0 Å². The summed E-state index contributed by atoms with van der Waals surface area (Å²) < 4.78 is 14.5. The standard InChI is InChI=1S/C16H14FIN2O2/c1-10-8-11(18)6-7-14(10)20-15(21)9-19-16(22)12-4-2-3-5-13(12)17/h2-8H,9H2,1H3,(H,19,22)(H,20,21). The third kappa shape index (κ3) is 4.27. The minimum absolute atomic E-state index is 0.0826. The predicted octanol–water partition coefficient (Wildman–Crippen LogP) is 3.11. The fourth-order valence-corrected chi connectivity index (χ4v) is 2.51. The zero-order valence-electron chi connectivity index (χ0n) is 11.8. The quantitative estimate of drug-likeness (QED) is 0.759. The van der Waals surface area contributed by atoms with Gasteiger partial charge in [0.05, 0.1) is 12.1 Å². The predicted molar refractivity (Wildman–Crippen MR) is 91.3 cm³/mol. The fraction of sp³-hybridized carbons (Fsp3) is 0.125. The Bertz CT molecular complexity index is 719. The molecule has 22 heavy (non-hydrogen) atoms. The fourth-order valence-electron chi connectivity index (χ4n) is 1.86. The Hall–Kier alpha value is -1.96. The van der Waals surface area contributed by atoms with Crippen LogP contribution in [0.4, 0.5) is 10.1 Å². The van der Waals surface area contributed by atoms with Gasteiger partial charge in [0, 0.05) is 9.26 Å². The summed E-state index contributed by atoms with van der Waals surface area (Å²) in [6.07, 6.45) is 0. The molecular weight excluding hydrogens is 398 g/mol. The van der Waals surface area contributed by atoms with Gasteiger partial charge >= 0.3 is 0 Å². The first kappa shape index (κ1) is 16.4. The van der Waals surface area contributed by atoms with Crippen molar-refractivity contribution in [2.75, 3.05) is 11.9 Å². The van der Waals surface area contributed by atoms with Gasteiger partial charge in [-0.05, 0) is 65.4 Å². The molecular formula is C16H14FIN2O2. The molecule has 0 saturated carbocycles. The smallest absolute Gasteiger partial charge is 0.254 e. The van der Waals surface area contributed by atoms with E-state index in [0.717, 1.165) is 9.13 Å². The number of rotatable bonds is 4. The number of benzene rings is 2. The van der Waals surface area contributed by atoms with Gasteiger partial charge in [-0.15, -0.1) is 0 Å². The van der Waals surface area contributed by atoms with E-state index < -0.39 is 11.7 Å². The number of hydrogen-bond acceptors (Lipinski definition) is 2. The van der Waals surface area contributed by atoms with Crippen molar-refractivity contribution in [1.82, 2.24) is 5.32 Å². The number of nitrogens with one attached hydrogen (secondary N) is 2. The molecule has 114 valence electrons. The molecule has 0 aliphatic carbocycles. The third-order valence-corrected chi connectivity index (χ3v) is 3.66. The van der Waals surface area contributed by atoms with Gasteiger partial charge in [-0.2, -0.15) is 0 Å². The van der Waals surface area contributed by atoms with Crippen LogP contribution in [-0.2, 0) is 4.79 Å². The number of aryl methyl sites for hydroxylation is 1. The molecule has 0 aliphatic rings. The van der Waals surface area contributed by atoms with Gasteiger partial charge in [-0.3, -0.25) is 9.59 Å². The lowest BCUT2D eigenvalue weighted by Gasteiger charge is -2.10. The molecule has 0 saturated heterocycles. The highest BCUT2D eigenvalue weighted by atomic mass is 127. The lowest BCUT2D eigenvalue weighted by Crippen LogP contribution is -2.33. The summed E-state index contributed by atoms with van der Waals surface area (Å²) in [5.41, 5.74) is 1.53. The highest BCUT2D eigenvalue weighted by Gasteiger charge is 2.12. The van der Waals surface area contributed by atoms with Crippen molar-refractivity contribution in [1.29, 1.82) is 0 Å². The second-order valence-electron chi connectivity index (χ2n) is 4.67. The van der Waals surface area contributed by atoms with Crippen LogP contribution in [-0.4, -0.2) is 18.4 Å². The lowest BCUT2D eigenvalue weighted by atomic mass is 10.2.